The van der Waals surface area contributed by atoms with E-state index in [4.69, 9.17) is 0 Å². The van der Waals surface area contributed by atoms with E-state index in [1.54, 1.807) is 10.8 Å². The van der Waals surface area contributed by atoms with Crippen LogP contribution < -0.4 is 5.69 Å². The Morgan fingerprint density at radius 3 is 2.80 bits per heavy atom. The third-order valence-electron chi connectivity index (χ3n) is 1.65. The molecule has 0 aromatic carbocycles. The summed E-state index contributed by atoms with van der Waals surface area (Å²) in [5, 5.41) is 0. The minimum Gasteiger partial charge on any atom is -0.300 e. The van der Waals surface area contributed by atoms with E-state index >= 15 is 0 Å². The second kappa shape index (κ2) is 1.99. The predicted molar refractivity (Wildman–Crippen MR) is 41.0 cm³/mol. The molecule has 54 valence electrons. The molecule has 0 radical (unpaired) electrons. The molecule has 0 spiro atoms. The topological polar surface area (TPSA) is 37.8 Å². The Labute approximate surface area is 66.2 Å². The molecule has 1 aromatic heterocycles. The van der Waals surface area contributed by atoms with Gasteiger partial charge in [0.25, 0.3) is 0 Å². The molecule has 1 N–H and O–H groups in total. The largest absolute Gasteiger partial charge is 0.326 e. The second-order valence-corrected chi connectivity index (χ2v) is 3.40. The molecule has 0 amide bonds. The first kappa shape index (κ1) is 6.22. The van der Waals surface area contributed by atoms with Gasteiger partial charge >= 0.3 is 5.69 Å². The highest BCUT2D eigenvalue weighted by atomic mass is 79.9. The summed E-state index contributed by atoms with van der Waals surface area (Å²) in [7, 11) is 0. The molecule has 2 rings (SSSR count). The zero-order valence-corrected chi connectivity index (χ0v) is 6.89. The normalized spacial score (nSPS) is 17.7. The van der Waals surface area contributed by atoms with Crippen LogP contribution in [-0.2, 0) is 0 Å². The van der Waals surface area contributed by atoms with Gasteiger partial charge in [-0.25, -0.2) is 4.79 Å². The van der Waals surface area contributed by atoms with Gasteiger partial charge in [0, 0.05) is 12.2 Å². The van der Waals surface area contributed by atoms with Gasteiger partial charge in [0.05, 0.1) is 0 Å². The summed E-state index contributed by atoms with van der Waals surface area (Å²) in [6.07, 6.45) is 4.09. The van der Waals surface area contributed by atoms with E-state index in [1.807, 2.05) is 0 Å². The van der Waals surface area contributed by atoms with Crippen LogP contribution in [0.15, 0.2) is 15.6 Å². The van der Waals surface area contributed by atoms with Gasteiger partial charge < -0.3 is 4.98 Å². The van der Waals surface area contributed by atoms with Gasteiger partial charge in [-0.05, 0) is 28.8 Å². The Hall–Kier alpha value is -0.510. The zero-order valence-electron chi connectivity index (χ0n) is 5.30. The molecule has 0 unspecified atom stereocenters. The molecule has 0 atom stereocenters. The van der Waals surface area contributed by atoms with Crippen LogP contribution in [0.25, 0.3) is 0 Å². The van der Waals surface area contributed by atoms with E-state index in [-0.39, 0.29) is 5.69 Å². The Balaban J connectivity index is 2.48. The fourth-order valence-electron chi connectivity index (χ4n) is 1.00. The van der Waals surface area contributed by atoms with Gasteiger partial charge in [0.1, 0.15) is 4.60 Å². The minimum absolute atomic E-state index is 0.00521. The third kappa shape index (κ3) is 0.923. The van der Waals surface area contributed by atoms with Crippen LogP contribution in [0.5, 0.6) is 0 Å². The summed E-state index contributed by atoms with van der Waals surface area (Å²) in [4.78, 5) is 13.7. The van der Waals surface area contributed by atoms with Crippen molar-refractivity contribution in [3.63, 3.8) is 0 Å². The Morgan fingerprint density at radius 1 is 1.70 bits per heavy atom. The van der Waals surface area contributed by atoms with Crippen molar-refractivity contribution in [1.29, 1.82) is 0 Å². The van der Waals surface area contributed by atoms with Crippen LogP contribution in [0.2, 0.25) is 0 Å². The number of H-pyrrole nitrogens is 1. The van der Waals surface area contributed by atoms with Crippen molar-refractivity contribution >= 4 is 15.9 Å². The van der Waals surface area contributed by atoms with Gasteiger partial charge in [-0.1, -0.05) is 0 Å². The zero-order chi connectivity index (χ0) is 7.14. The quantitative estimate of drug-likeness (QED) is 0.733. The molecule has 0 bridgehead atoms. The first-order valence-corrected chi connectivity index (χ1v) is 4.03. The molecular formula is C6H7BrN2O. The molecule has 4 heteroatoms. The van der Waals surface area contributed by atoms with Crippen LogP contribution in [0.4, 0.5) is 0 Å². The summed E-state index contributed by atoms with van der Waals surface area (Å²) < 4.78 is 2.51. The molecule has 0 aliphatic heterocycles. The van der Waals surface area contributed by atoms with Crippen molar-refractivity contribution in [2.75, 3.05) is 0 Å². The molecule has 1 aliphatic rings. The Kier molecular flexibility index (Phi) is 1.23. The van der Waals surface area contributed by atoms with E-state index in [1.165, 1.54) is 0 Å². The molecule has 10 heavy (non-hydrogen) atoms. The molecule has 0 saturated heterocycles. The van der Waals surface area contributed by atoms with Crippen molar-refractivity contribution in [2.24, 2.45) is 0 Å². The van der Waals surface area contributed by atoms with Gasteiger partial charge in [0.2, 0.25) is 0 Å². The number of hydrogen-bond acceptors (Lipinski definition) is 1. The van der Waals surface area contributed by atoms with E-state index in [9.17, 15) is 4.79 Å². The number of hydrogen-bond donors (Lipinski definition) is 1. The summed E-state index contributed by atoms with van der Waals surface area (Å²) in [6, 6.07) is 0.468. The van der Waals surface area contributed by atoms with Gasteiger partial charge in [-0.2, -0.15) is 0 Å². The summed E-state index contributed by atoms with van der Waals surface area (Å²) in [5.74, 6) is 0. The van der Waals surface area contributed by atoms with Crippen LogP contribution in [0, 0.1) is 0 Å². The monoisotopic (exact) mass is 202 g/mol. The second-order valence-electron chi connectivity index (χ2n) is 2.55. The Morgan fingerprint density at radius 2 is 2.40 bits per heavy atom. The highest BCUT2D eigenvalue weighted by Gasteiger charge is 2.25. The Bertz CT molecular complexity index is 297. The molecule has 3 nitrogen and oxygen atoms in total. The van der Waals surface area contributed by atoms with Crippen molar-refractivity contribution < 1.29 is 0 Å². The average molecular weight is 203 g/mol. The van der Waals surface area contributed by atoms with E-state index in [0.29, 0.717) is 6.04 Å². The number of nitrogens with one attached hydrogen (secondary N) is 1. The van der Waals surface area contributed by atoms with Gasteiger partial charge in [-0.15, -0.1) is 0 Å². The summed E-state index contributed by atoms with van der Waals surface area (Å²) in [6.45, 7) is 0. The van der Waals surface area contributed by atoms with Crippen LogP contribution in [0.3, 0.4) is 0 Å². The molecule has 1 aromatic rings. The average Bonchev–Trinajstić information content (AvgIpc) is 2.61. The summed E-state index contributed by atoms with van der Waals surface area (Å²) in [5.41, 5.74) is -0.00521. The van der Waals surface area contributed by atoms with Crippen molar-refractivity contribution in [3.05, 3.63) is 21.3 Å². The fourth-order valence-corrected chi connectivity index (χ4v) is 1.39. The maximum atomic E-state index is 11.0. The first-order valence-electron chi connectivity index (χ1n) is 3.24. The third-order valence-corrected chi connectivity index (χ3v) is 2.06. The molecule has 1 heterocycles. The number of aromatic amines is 1. The lowest BCUT2D eigenvalue weighted by molar-refractivity contribution is 0.710. The smallest absolute Gasteiger partial charge is 0.300 e. The summed E-state index contributed by atoms with van der Waals surface area (Å²) >= 11 is 3.20. The van der Waals surface area contributed by atoms with Gasteiger partial charge in [-0.3, -0.25) is 4.57 Å². The number of imidazole rings is 1. The van der Waals surface area contributed by atoms with E-state index < -0.39 is 0 Å². The number of rotatable bonds is 1. The fraction of sp³-hybridized carbons (Fsp3) is 0.500. The van der Waals surface area contributed by atoms with Crippen molar-refractivity contribution in [2.45, 2.75) is 18.9 Å². The molecular weight excluding hydrogens is 196 g/mol. The number of aromatic nitrogens is 2. The first-order chi connectivity index (χ1) is 4.77. The predicted octanol–water partition coefficient (Wildman–Crippen LogP) is 1.27. The maximum absolute atomic E-state index is 11.0. The lowest BCUT2D eigenvalue weighted by Gasteiger charge is -1.90. The van der Waals surface area contributed by atoms with Crippen molar-refractivity contribution in [3.8, 4) is 0 Å². The van der Waals surface area contributed by atoms with Crippen molar-refractivity contribution in [1.82, 2.24) is 9.55 Å². The van der Waals surface area contributed by atoms with E-state index in [2.05, 4.69) is 20.9 Å². The highest BCUT2D eigenvalue weighted by Crippen LogP contribution is 2.33. The lowest BCUT2D eigenvalue weighted by atomic mass is 10.7. The number of halogens is 1. The standard InChI is InChI=1S/C6H7BrN2O/c7-5-3-9(4-1-2-4)6(10)8-5/h3-4H,1-2H2,(H,8,10). The highest BCUT2D eigenvalue weighted by molar-refractivity contribution is 9.10. The SMILES string of the molecule is O=c1[nH]c(Br)cn1C1CC1. The van der Waals surface area contributed by atoms with Crippen LogP contribution >= 0.6 is 15.9 Å². The molecule has 1 fully saturated rings. The number of nitrogens with zero attached hydrogens (tertiary/aromatic N) is 1. The molecule has 1 saturated carbocycles. The minimum atomic E-state index is -0.00521. The maximum Gasteiger partial charge on any atom is 0.326 e. The molecule has 1 aliphatic carbocycles. The lowest BCUT2D eigenvalue weighted by Crippen LogP contribution is -2.14. The van der Waals surface area contributed by atoms with Crippen LogP contribution in [0.1, 0.15) is 18.9 Å². The van der Waals surface area contributed by atoms with E-state index in [0.717, 1.165) is 17.4 Å². The van der Waals surface area contributed by atoms with Gasteiger partial charge in [0.15, 0.2) is 0 Å². The van der Waals surface area contributed by atoms with Crippen LogP contribution in [-0.4, -0.2) is 9.55 Å².